The Morgan fingerprint density at radius 2 is 2.22 bits per heavy atom. The summed E-state index contributed by atoms with van der Waals surface area (Å²) in [6.45, 7) is 1.36. The van der Waals surface area contributed by atoms with Crippen LogP contribution in [0.25, 0.3) is 0 Å². The Kier molecular flexibility index (Phi) is 4.33. The van der Waals surface area contributed by atoms with Crippen LogP contribution in [0.1, 0.15) is 11.3 Å². The van der Waals surface area contributed by atoms with Crippen molar-refractivity contribution in [3.05, 3.63) is 52.6 Å². The summed E-state index contributed by atoms with van der Waals surface area (Å²) in [5.41, 5.74) is 1.94. The number of nitrogens with one attached hydrogen (secondary N) is 1. The lowest BCUT2D eigenvalue weighted by Gasteiger charge is -2.07. The molecule has 0 radical (unpaired) electrons. The highest BCUT2D eigenvalue weighted by Gasteiger charge is 2.02. The molecule has 0 aliphatic heterocycles. The van der Waals surface area contributed by atoms with E-state index in [1.807, 2.05) is 17.8 Å². The fourth-order valence-electron chi connectivity index (χ4n) is 1.76. The molecule has 0 fully saturated rings. The molecule has 0 atom stereocenters. The molecule has 1 aromatic carbocycles. The number of rotatable bonds is 5. The summed E-state index contributed by atoms with van der Waals surface area (Å²) in [5, 5.41) is 7.93. The first-order valence-corrected chi connectivity index (χ1v) is 6.16. The number of halogens is 2. The highest BCUT2D eigenvalue weighted by atomic mass is 35.5. The van der Waals surface area contributed by atoms with Gasteiger partial charge in [0.15, 0.2) is 0 Å². The van der Waals surface area contributed by atoms with Crippen LogP contribution in [0.2, 0.25) is 5.02 Å². The molecule has 2 rings (SSSR count). The monoisotopic (exact) mass is 267 g/mol. The molecule has 1 aromatic heterocycles. The van der Waals surface area contributed by atoms with Crippen LogP contribution in [0.4, 0.5) is 4.39 Å². The predicted octanol–water partition coefficient (Wildman–Crippen LogP) is 2.54. The Labute approximate surface area is 111 Å². The van der Waals surface area contributed by atoms with E-state index < -0.39 is 0 Å². The van der Waals surface area contributed by atoms with Gasteiger partial charge >= 0.3 is 0 Å². The third-order valence-corrected chi connectivity index (χ3v) is 3.17. The van der Waals surface area contributed by atoms with Gasteiger partial charge in [-0.15, -0.1) is 0 Å². The van der Waals surface area contributed by atoms with E-state index in [-0.39, 0.29) is 5.82 Å². The fourth-order valence-corrected chi connectivity index (χ4v) is 1.95. The van der Waals surface area contributed by atoms with E-state index in [1.54, 1.807) is 12.3 Å². The number of aryl methyl sites for hydroxylation is 1. The zero-order valence-corrected chi connectivity index (χ0v) is 10.9. The molecule has 1 heterocycles. The minimum Gasteiger partial charge on any atom is -0.312 e. The van der Waals surface area contributed by atoms with Crippen molar-refractivity contribution in [1.29, 1.82) is 0 Å². The van der Waals surface area contributed by atoms with Crippen LogP contribution >= 0.6 is 11.6 Å². The topological polar surface area (TPSA) is 29.9 Å². The van der Waals surface area contributed by atoms with Crippen LogP contribution in [0.5, 0.6) is 0 Å². The highest BCUT2D eigenvalue weighted by Crippen LogP contribution is 2.16. The maximum Gasteiger partial charge on any atom is 0.123 e. The lowest BCUT2D eigenvalue weighted by molar-refractivity contribution is 0.616. The average molecular weight is 268 g/mol. The Morgan fingerprint density at radius 3 is 2.94 bits per heavy atom. The lowest BCUT2D eigenvalue weighted by atomic mass is 10.2. The van der Waals surface area contributed by atoms with Gasteiger partial charge in [-0.25, -0.2) is 4.39 Å². The molecular formula is C13H15ClFN3. The van der Waals surface area contributed by atoms with Crippen molar-refractivity contribution in [3.63, 3.8) is 0 Å². The number of aromatic nitrogens is 2. The number of hydrogen-bond donors (Lipinski definition) is 1. The standard InChI is InChI=1S/C13H15ClFN3/c1-18-12(5-7-17-18)4-6-16-9-10-8-11(15)2-3-13(10)14/h2-3,5,7-8,16H,4,6,9H2,1H3. The van der Waals surface area contributed by atoms with Crippen LogP contribution in [-0.4, -0.2) is 16.3 Å². The van der Waals surface area contributed by atoms with Crippen LogP contribution in [-0.2, 0) is 20.0 Å². The second-order valence-electron chi connectivity index (χ2n) is 4.11. The number of nitrogens with zero attached hydrogens (tertiary/aromatic N) is 2. The first kappa shape index (κ1) is 13.1. The van der Waals surface area contributed by atoms with E-state index >= 15 is 0 Å². The molecule has 18 heavy (non-hydrogen) atoms. The minimum absolute atomic E-state index is 0.261. The molecule has 0 saturated heterocycles. The molecule has 1 N–H and O–H groups in total. The number of hydrogen-bond acceptors (Lipinski definition) is 2. The summed E-state index contributed by atoms with van der Waals surface area (Å²) in [5.74, 6) is -0.261. The van der Waals surface area contributed by atoms with Gasteiger partial charge in [0.25, 0.3) is 0 Å². The Balaban J connectivity index is 1.82. The zero-order chi connectivity index (χ0) is 13.0. The van der Waals surface area contributed by atoms with E-state index in [0.29, 0.717) is 11.6 Å². The van der Waals surface area contributed by atoms with Crippen molar-refractivity contribution in [3.8, 4) is 0 Å². The summed E-state index contributed by atoms with van der Waals surface area (Å²) >= 11 is 5.98. The zero-order valence-electron chi connectivity index (χ0n) is 10.2. The molecule has 0 saturated carbocycles. The van der Waals surface area contributed by atoms with E-state index in [2.05, 4.69) is 10.4 Å². The van der Waals surface area contributed by atoms with Crippen LogP contribution in [0, 0.1) is 5.82 Å². The van der Waals surface area contributed by atoms with Gasteiger partial charge in [-0.2, -0.15) is 5.10 Å². The van der Waals surface area contributed by atoms with Crippen LogP contribution in [0.3, 0.4) is 0 Å². The second kappa shape index (κ2) is 5.98. The van der Waals surface area contributed by atoms with E-state index in [4.69, 9.17) is 11.6 Å². The van der Waals surface area contributed by atoms with Crippen molar-refractivity contribution in [2.24, 2.45) is 7.05 Å². The summed E-state index contributed by atoms with van der Waals surface area (Å²) < 4.78 is 14.9. The van der Waals surface area contributed by atoms with Crippen LogP contribution < -0.4 is 5.32 Å². The molecule has 0 spiro atoms. The van der Waals surface area contributed by atoms with E-state index in [9.17, 15) is 4.39 Å². The van der Waals surface area contributed by atoms with Crippen LogP contribution in [0.15, 0.2) is 30.5 Å². The smallest absolute Gasteiger partial charge is 0.123 e. The largest absolute Gasteiger partial charge is 0.312 e. The van der Waals surface area contributed by atoms with Crippen molar-refractivity contribution in [1.82, 2.24) is 15.1 Å². The van der Waals surface area contributed by atoms with Gasteiger partial charge in [-0.1, -0.05) is 11.6 Å². The van der Waals surface area contributed by atoms with Gasteiger partial charge in [0.1, 0.15) is 5.82 Å². The molecule has 0 amide bonds. The summed E-state index contributed by atoms with van der Waals surface area (Å²) in [7, 11) is 1.92. The first-order valence-electron chi connectivity index (χ1n) is 5.78. The average Bonchev–Trinajstić information content (AvgIpc) is 2.75. The van der Waals surface area contributed by atoms with Gasteiger partial charge < -0.3 is 5.32 Å². The Bertz CT molecular complexity index is 525. The van der Waals surface area contributed by atoms with Crippen molar-refractivity contribution in [2.45, 2.75) is 13.0 Å². The third kappa shape index (κ3) is 3.31. The molecule has 2 aromatic rings. The molecule has 3 nitrogen and oxygen atoms in total. The number of benzene rings is 1. The van der Waals surface area contributed by atoms with E-state index in [0.717, 1.165) is 24.2 Å². The summed E-state index contributed by atoms with van der Waals surface area (Å²) in [6.07, 6.45) is 2.65. The molecule has 5 heteroatoms. The summed E-state index contributed by atoms with van der Waals surface area (Å²) in [4.78, 5) is 0. The van der Waals surface area contributed by atoms with Gasteiger partial charge in [-0.3, -0.25) is 4.68 Å². The van der Waals surface area contributed by atoms with Gasteiger partial charge in [0.05, 0.1) is 0 Å². The molecule has 0 aliphatic carbocycles. The third-order valence-electron chi connectivity index (χ3n) is 2.80. The minimum atomic E-state index is -0.261. The van der Waals surface area contributed by atoms with Crippen molar-refractivity contribution in [2.75, 3.05) is 6.54 Å². The van der Waals surface area contributed by atoms with Crippen molar-refractivity contribution < 1.29 is 4.39 Å². The fraction of sp³-hybridized carbons (Fsp3) is 0.308. The first-order chi connectivity index (χ1) is 8.66. The Morgan fingerprint density at radius 1 is 1.39 bits per heavy atom. The SMILES string of the molecule is Cn1nccc1CCNCc1cc(F)ccc1Cl. The molecule has 96 valence electrons. The molecule has 0 bridgehead atoms. The van der Waals surface area contributed by atoms with Gasteiger partial charge in [0.2, 0.25) is 0 Å². The summed E-state index contributed by atoms with van der Waals surface area (Å²) in [6, 6.07) is 6.38. The maximum absolute atomic E-state index is 13.0. The maximum atomic E-state index is 13.0. The van der Waals surface area contributed by atoms with Gasteiger partial charge in [0, 0.05) is 43.5 Å². The Hall–Kier alpha value is -1.39. The van der Waals surface area contributed by atoms with E-state index in [1.165, 1.54) is 12.1 Å². The normalized spacial score (nSPS) is 10.8. The van der Waals surface area contributed by atoms with Crippen molar-refractivity contribution >= 4 is 11.6 Å². The quantitative estimate of drug-likeness (QED) is 0.844. The molecular weight excluding hydrogens is 253 g/mol. The predicted molar refractivity (Wildman–Crippen MR) is 70.0 cm³/mol. The lowest BCUT2D eigenvalue weighted by Crippen LogP contribution is -2.18. The molecule has 0 aliphatic rings. The molecule has 0 unspecified atom stereocenters. The van der Waals surface area contributed by atoms with Gasteiger partial charge in [-0.05, 0) is 29.8 Å². The highest BCUT2D eigenvalue weighted by molar-refractivity contribution is 6.31. The second-order valence-corrected chi connectivity index (χ2v) is 4.52.